The minimum Gasteiger partial charge on any atom is -0.459 e. The molecule has 4 bridgehead atoms. The number of carbonyl (C=O) groups is 1. The van der Waals surface area contributed by atoms with E-state index < -0.39 is 5.41 Å². The molecule has 1 spiro atoms. The molecule has 0 N–H and O–H groups in total. The highest BCUT2D eigenvalue weighted by atomic mass is 16.6. The van der Waals surface area contributed by atoms with Crippen LogP contribution in [0.5, 0.6) is 0 Å². The van der Waals surface area contributed by atoms with Crippen molar-refractivity contribution in [2.24, 2.45) is 17.3 Å². The highest BCUT2D eigenvalue weighted by Gasteiger charge is 2.76. The van der Waals surface area contributed by atoms with Gasteiger partial charge in [0.15, 0.2) is 5.43 Å². The number of ether oxygens (including phenoxy) is 2. The van der Waals surface area contributed by atoms with Crippen LogP contribution in [0.4, 0.5) is 0 Å². The summed E-state index contributed by atoms with van der Waals surface area (Å²) in [5, 5.41) is 0. The zero-order valence-electron chi connectivity index (χ0n) is 13.2. The molecule has 1 aromatic rings. The third-order valence-corrected chi connectivity index (χ3v) is 7.36. The van der Waals surface area contributed by atoms with Gasteiger partial charge in [-0.3, -0.25) is 9.59 Å². The number of fused-ring (bicyclic) bond motifs is 2. The van der Waals surface area contributed by atoms with Crippen LogP contribution in [0.15, 0.2) is 16.9 Å². The normalized spacial score (nSPS) is 47.0. The van der Waals surface area contributed by atoms with Crippen molar-refractivity contribution in [2.75, 3.05) is 0 Å². The quantitative estimate of drug-likeness (QED) is 0.688. The molecule has 6 aliphatic rings. The Kier molecular flexibility index (Phi) is 1.95. The summed E-state index contributed by atoms with van der Waals surface area (Å²) in [5.74, 6) is 0.594. The average molecular weight is 310 g/mol. The zero-order valence-corrected chi connectivity index (χ0v) is 13.2. The summed E-state index contributed by atoms with van der Waals surface area (Å²) in [5.41, 5.74) is 4.19. The first-order valence-electron chi connectivity index (χ1n) is 8.58. The Morgan fingerprint density at radius 3 is 2.83 bits per heavy atom. The van der Waals surface area contributed by atoms with Gasteiger partial charge in [-0.2, -0.15) is 0 Å². The minimum atomic E-state index is -0.444. The predicted octanol–water partition coefficient (Wildman–Crippen LogP) is 2.02. The second kappa shape index (κ2) is 3.54. The maximum atomic E-state index is 12.9. The van der Waals surface area contributed by atoms with Crippen molar-refractivity contribution < 1.29 is 14.3 Å². The maximum absolute atomic E-state index is 12.9. The maximum Gasteiger partial charge on any atom is 0.313 e. The lowest BCUT2D eigenvalue weighted by Gasteiger charge is -2.57. The third-order valence-electron chi connectivity index (χ3n) is 7.36. The van der Waals surface area contributed by atoms with Gasteiger partial charge in [-0.05, 0) is 54.2 Å². The Balaban J connectivity index is 1.78. The summed E-state index contributed by atoms with van der Waals surface area (Å²) >= 11 is 0. The van der Waals surface area contributed by atoms with E-state index in [9.17, 15) is 9.59 Å². The van der Waals surface area contributed by atoms with Crippen molar-refractivity contribution in [2.45, 2.75) is 50.9 Å². The third kappa shape index (κ3) is 1.11. The summed E-state index contributed by atoms with van der Waals surface area (Å²) in [6, 6.07) is 3.52. The first kappa shape index (κ1) is 12.7. The van der Waals surface area contributed by atoms with Crippen LogP contribution in [0.1, 0.15) is 47.6 Å². The predicted molar refractivity (Wildman–Crippen MR) is 81.1 cm³/mol. The molecule has 0 unspecified atom stereocenters. The standard InChI is InChI=1S/C19H18O4/c1-7-5-10(20)6-9-3-4-19-8(2)15-17(23-18(19)21)13-14(19)12(9)11(7)16(13)22-15/h5-6,8,13-17H,3-4H2,1-2H3/t8-,13-,14-,15-,16+,17-,19-/m1/s1. The second-order valence-electron chi connectivity index (χ2n) is 8.00. The Hall–Kier alpha value is -1.68. The Morgan fingerprint density at radius 2 is 2.00 bits per heavy atom. The van der Waals surface area contributed by atoms with Crippen molar-refractivity contribution in [3.8, 4) is 0 Å². The molecule has 0 amide bonds. The summed E-state index contributed by atoms with van der Waals surface area (Å²) in [6.45, 7) is 4.17. The summed E-state index contributed by atoms with van der Waals surface area (Å²) in [6.07, 6.45) is 1.47. The fourth-order valence-electron chi connectivity index (χ4n) is 6.56. The molecule has 4 heteroatoms. The molecule has 0 aromatic heterocycles. The number of hydrogen-bond acceptors (Lipinski definition) is 4. The topological polar surface area (TPSA) is 52.6 Å². The van der Waals surface area contributed by atoms with Gasteiger partial charge >= 0.3 is 5.97 Å². The Bertz CT molecular complexity index is 859. The highest BCUT2D eigenvalue weighted by Crippen LogP contribution is 2.73. The van der Waals surface area contributed by atoms with Gasteiger partial charge in [0.1, 0.15) is 6.10 Å². The molecule has 4 fully saturated rings. The van der Waals surface area contributed by atoms with Gasteiger partial charge in [-0.25, -0.2) is 0 Å². The molecule has 23 heavy (non-hydrogen) atoms. The molecule has 1 aromatic carbocycles. The molecule has 7 atom stereocenters. The molecular formula is C19H18O4. The van der Waals surface area contributed by atoms with Crippen molar-refractivity contribution >= 4 is 5.97 Å². The average Bonchev–Trinajstić information content (AvgIpc) is 2.95. The second-order valence-corrected chi connectivity index (χ2v) is 8.00. The van der Waals surface area contributed by atoms with Crippen LogP contribution in [0.3, 0.4) is 0 Å². The molecule has 3 aliphatic carbocycles. The Labute approximate surface area is 133 Å². The van der Waals surface area contributed by atoms with Crippen molar-refractivity contribution in [1.29, 1.82) is 0 Å². The van der Waals surface area contributed by atoms with Gasteiger partial charge in [0.05, 0.1) is 17.6 Å². The Morgan fingerprint density at radius 1 is 1.17 bits per heavy atom. The van der Waals surface area contributed by atoms with E-state index in [1.807, 2.05) is 6.92 Å². The van der Waals surface area contributed by atoms with Gasteiger partial charge in [0.25, 0.3) is 0 Å². The van der Waals surface area contributed by atoms with Crippen LogP contribution >= 0.6 is 0 Å². The van der Waals surface area contributed by atoms with E-state index in [0.29, 0.717) is 0 Å². The van der Waals surface area contributed by atoms with Crippen molar-refractivity contribution in [1.82, 2.24) is 0 Å². The molecule has 0 radical (unpaired) electrons. The SMILES string of the molecule is Cc1cc(=O)cc2c3c1[C@@H]1O[C@H]4[C@@H]5OC(=O)[C@](CC2)([C@@H]4C)[C@H]3[C@@H]51. The van der Waals surface area contributed by atoms with Gasteiger partial charge in [-0.15, -0.1) is 0 Å². The lowest BCUT2D eigenvalue weighted by atomic mass is 9.50. The van der Waals surface area contributed by atoms with Gasteiger partial charge < -0.3 is 9.47 Å². The fourth-order valence-corrected chi connectivity index (χ4v) is 6.56. The molecule has 4 nitrogen and oxygen atoms in total. The number of rotatable bonds is 0. The largest absolute Gasteiger partial charge is 0.459 e. The lowest BCUT2D eigenvalue weighted by molar-refractivity contribution is -0.215. The van der Waals surface area contributed by atoms with Crippen LogP contribution in [-0.4, -0.2) is 18.2 Å². The lowest BCUT2D eigenvalue weighted by Crippen LogP contribution is -2.64. The summed E-state index contributed by atoms with van der Waals surface area (Å²) in [7, 11) is 0. The minimum absolute atomic E-state index is 0.00826. The van der Waals surface area contributed by atoms with Crippen LogP contribution in [0.25, 0.3) is 0 Å². The van der Waals surface area contributed by atoms with E-state index in [1.54, 1.807) is 12.1 Å². The number of carbonyl (C=O) groups excluding carboxylic acids is 1. The summed E-state index contributed by atoms with van der Waals surface area (Å²) in [4.78, 5) is 25.0. The molecule has 1 saturated carbocycles. The van der Waals surface area contributed by atoms with E-state index in [4.69, 9.17) is 9.47 Å². The van der Waals surface area contributed by atoms with Gasteiger partial charge in [-0.1, -0.05) is 6.92 Å². The van der Waals surface area contributed by atoms with Crippen LogP contribution in [-0.2, 0) is 20.7 Å². The van der Waals surface area contributed by atoms with Gasteiger partial charge in [0, 0.05) is 17.8 Å². The van der Waals surface area contributed by atoms with Crippen LogP contribution in [0.2, 0.25) is 0 Å². The van der Waals surface area contributed by atoms with Crippen LogP contribution in [0, 0.1) is 24.2 Å². The highest BCUT2D eigenvalue weighted by molar-refractivity contribution is 5.83. The van der Waals surface area contributed by atoms with E-state index in [-0.39, 0.29) is 47.5 Å². The first-order chi connectivity index (χ1) is 11.0. The first-order valence-corrected chi connectivity index (χ1v) is 8.58. The molecule has 3 aliphatic heterocycles. The van der Waals surface area contributed by atoms with E-state index in [1.165, 1.54) is 11.1 Å². The van der Waals surface area contributed by atoms with Gasteiger partial charge in [0.2, 0.25) is 0 Å². The monoisotopic (exact) mass is 310 g/mol. The number of esters is 1. The van der Waals surface area contributed by atoms with Crippen molar-refractivity contribution in [3.05, 3.63) is 44.6 Å². The zero-order chi connectivity index (χ0) is 15.7. The fraction of sp³-hybridized carbons (Fsp3) is 0.579. The number of aryl methyl sites for hydroxylation is 2. The molecule has 118 valence electrons. The van der Waals surface area contributed by atoms with E-state index in [2.05, 4.69) is 6.92 Å². The molecule has 7 rings (SSSR count). The van der Waals surface area contributed by atoms with Crippen LogP contribution < -0.4 is 5.43 Å². The summed E-state index contributed by atoms with van der Waals surface area (Å²) < 4.78 is 12.3. The number of hydrogen-bond donors (Lipinski definition) is 0. The smallest absolute Gasteiger partial charge is 0.313 e. The molecule has 3 saturated heterocycles. The van der Waals surface area contributed by atoms with E-state index in [0.717, 1.165) is 24.0 Å². The van der Waals surface area contributed by atoms with E-state index >= 15 is 0 Å². The molecular weight excluding hydrogens is 292 g/mol. The van der Waals surface area contributed by atoms with Crippen molar-refractivity contribution in [3.63, 3.8) is 0 Å². The molecule has 3 heterocycles.